The molecule has 0 saturated heterocycles. The first-order valence-corrected chi connectivity index (χ1v) is 7.79. The van der Waals surface area contributed by atoms with E-state index in [1.54, 1.807) is 17.3 Å². The molecular weight excluding hydrogens is 294 g/mol. The molecule has 0 aliphatic carbocycles. The second-order valence-corrected chi connectivity index (χ2v) is 6.01. The molecule has 2 heterocycles. The summed E-state index contributed by atoms with van der Waals surface area (Å²) in [6, 6.07) is 7.40. The molecule has 1 aliphatic rings. The maximum Gasteiger partial charge on any atom is 0.267 e. The smallest absolute Gasteiger partial charge is 0.267 e. The van der Waals surface area contributed by atoms with Crippen LogP contribution in [0.25, 0.3) is 0 Å². The lowest BCUT2D eigenvalue weighted by Crippen LogP contribution is -2.47. The summed E-state index contributed by atoms with van der Waals surface area (Å²) in [6.07, 6.45) is 2.81. The van der Waals surface area contributed by atoms with Gasteiger partial charge in [0.15, 0.2) is 11.5 Å². The van der Waals surface area contributed by atoms with E-state index < -0.39 is 6.10 Å². The van der Waals surface area contributed by atoms with Crippen LogP contribution in [0, 0.1) is 5.92 Å². The zero-order valence-electron chi connectivity index (χ0n) is 13.4. The average Bonchev–Trinajstić information content (AvgIpc) is 3.06. The number of amides is 1. The zero-order chi connectivity index (χ0) is 16.2. The zero-order valence-corrected chi connectivity index (χ0v) is 13.4. The molecule has 122 valence electrons. The summed E-state index contributed by atoms with van der Waals surface area (Å²) in [6.45, 7) is 5.46. The Labute approximate surface area is 135 Å². The SMILES string of the molecule is CC(C)CN(Cc1ncc[nH]1)C(=O)[C@@H]1COc2ccccc2O1. The van der Waals surface area contributed by atoms with Crippen LogP contribution in [-0.2, 0) is 11.3 Å². The molecule has 6 nitrogen and oxygen atoms in total. The summed E-state index contributed by atoms with van der Waals surface area (Å²) in [5.41, 5.74) is 0. The van der Waals surface area contributed by atoms with Gasteiger partial charge in [0.1, 0.15) is 12.4 Å². The number of hydrogen-bond acceptors (Lipinski definition) is 4. The topological polar surface area (TPSA) is 67.5 Å². The van der Waals surface area contributed by atoms with Crippen LogP contribution in [0.4, 0.5) is 0 Å². The summed E-state index contributed by atoms with van der Waals surface area (Å²) in [4.78, 5) is 21.9. The Kier molecular flexibility index (Phi) is 4.50. The van der Waals surface area contributed by atoms with Gasteiger partial charge in [-0.2, -0.15) is 0 Å². The van der Waals surface area contributed by atoms with Crippen molar-refractivity contribution < 1.29 is 14.3 Å². The Morgan fingerprint density at radius 2 is 2.17 bits per heavy atom. The highest BCUT2D eigenvalue weighted by Crippen LogP contribution is 2.31. The minimum absolute atomic E-state index is 0.0791. The van der Waals surface area contributed by atoms with Crippen molar-refractivity contribution in [2.75, 3.05) is 13.2 Å². The van der Waals surface area contributed by atoms with Crippen LogP contribution >= 0.6 is 0 Å². The van der Waals surface area contributed by atoms with Gasteiger partial charge >= 0.3 is 0 Å². The third-order valence-electron chi connectivity index (χ3n) is 3.58. The first-order valence-electron chi connectivity index (χ1n) is 7.79. The van der Waals surface area contributed by atoms with Crippen molar-refractivity contribution in [2.24, 2.45) is 5.92 Å². The Bertz CT molecular complexity index is 655. The molecule has 6 heteroatoms. The molecule has 0 unspecified atom stereocenters. The quantitative estimate of drug-likeness (QED) is 0.919. The highest BCUT2D eigenvalue weighted by atomic mass is 16.6. The summed E-state index contributed by atoms with van der Waals surface area (Å²) in [7, 11) is 0. The van der Waals surface area contributed by atoms with Crippen molar-refractivity contribution in [2.45, 2.75) is 26.5 Å². The minimum Gasteiger partial charge on any atom is -0.485 e. The second-order valence-electron chi connectivity index (χ2n) is 6.01. The number of para-hydroxylation sites is 2. The van der Waals surface area contributed by atoms with Crippen molar-refractivity contribution in [3.05, 3.63) is 42.5 Å². The summed E-state index contributed by atoms with van der Waals surface area (Å²) >= 11 is 0. The van der Waals surface area contributed by atoms with Crippen molar-refractivity contribution in [3.63, 3.8) is 0 Å². The van der Waals surface area contributed by atoms with Crippen LogP contribution in [-0.4, -0.2) is 40.0 Å². The number of aromatic amines is 1. The fourth-order valence-electron chi connectivity index (χ4n) is 2.58. The number of ether oxygens (including phenoxy) is 2. The first-order chi connectivity index (χ1) is 11.1. The van der Waals surface area contributed by atoms with E-state index in [1.165, 1.54) is 0 Å². The number of fused-ring (bicyclic) bond motifs is 1. The fourth-order valence-corrected chi connectivity index (χ4v) is 2.58. The molecule has 0 bridgehead atoms. The van der Waals surface area contributed by atoms with Crippen molar-refractivity contribution in [1.29, 1.82) is 0 Å². The molecule has 0 spiro atoms. The van der Waals surface area contributed by atoms with Gasteiger partial charge in [-0.25, -0.2) is 4.98 Å². The lowest BCUT2D eigenvalue weighted by molar-refractivity contribution is -0.142. The largest absolute Gasteiger partial charge is 0.485 e. The molecule has 1 aromatic heterocycles. The number of nitrogens with zero attached hydrogens (tertiary/aromatic N) is 2. The molecule has 2 aromatic rings. The van der Waals surface area contributed by atoms with Crippen LogP contribution in [0.2, 0.25) is 0 Å². The predicted molar refractivity (Wildman–Crippen MR) is 85.2 cm³/mol. The number of benzene rings is 1. The average molecular weight is 315 g/mol. The van der Waals surface area contributed by atoms with E-state index >= 15 is 0 Å². The normalized spacial score (nSPS) is 16.4. The van der Waals surface area contributed by atoms with Gasteiger partial charge < -0.3 is 19.4 Å². The molecule has 1 amide bonds. The number of imidazole rings is 1. The van der Waals surface area contributed by atoms with E-state index in [0.29, 0.717) is 30.5 Å². The molecule has 1 atom stereocenters. The van der Waals surface area contributed by atoms with Crippen LogP contribution in [0.5, 0.6) is 11.5 Å². The molecule has 0 fully saturated rings. The van der Waals surface area contributed by atoms with Crippen LogP contribution in [0.15, 0.2) is 36.7 Å². The third kappa shape index (κ3) is 3.64. The molecule has 1 aliphatic heterocycles. The van der Waals surface area contributed by atoms with E-state index in [1.807, 2.05) is 24.3 Å². The molecule has 23 heavy (non-hydrogen) atoms. The van der Waals surface area contributed by atoms with Gasteiger partial charge in [-0.15, -0.1) is 0 Å². The monoisotopic (exact) mass is 315 g/mol. The molecular formula is C17H21N3O3. The van der Waals surface area contributed by atoms with Crippen molar-refractivity contribution in [3.8, 4) is 11.5 Å². The van der Waals surface area contributed by atoms with E-state index in [-0.39, 0.29) is 12.5 Å². The second kappa shape index (κ2) is 6.73. The number of carbonyl (C=O) groups is 1. The number of carbonyl (C=O) groups excluding carboxylic acids is 1. The van der Waals surface area contributed by atoms with E-state index in [9.17, 15) is 4.79 Å². The Balaban J connectivity index is 1.73. The molecule has 0 saturated carbocycles. The van der Waals surface area contributed by atoms with Crippen LogP contribution in [0.3, 0.4) is 0 Å². The Hall–Kier alpha value is -2.50. The molecule has 0 radical (unpaired) electrons. The van der Waals surface area contributed by atoms with Gasteiger partial charge in [0.2, 0.25) is 6.10 Å². The molecule has 1 N–H and O–H groups in total. The highest BCUT2D eigenvalue weighted by molar-refractivity contribution is 5.82. The molecule has 3 rings (SSSR count). The fraction of sp³-hybridized carbons (Fsp3) is 0.412. The maximum atomic E-state index is 12.8. The first kappa shape index (κ1) is 15.4. The maximum absolute atomic E-state index is 12.8. The van der Waals surface area contributed by atoms with E-state index in [2.05, 4.69) is 23.8 Å². The predicted octanol–water partition coefficient (Wildman–Crippen LogP) is 2.23. The van der Waals surface area contributed by atoms with E-state index in [0.717, 1.165) is 5.82 Å². The summed E-state index contributed by atoms with van der Waals surface area (Å²) < 4.78 is 11.5. The highest BCUT2D eigenvalue weighted by Gasteiger charge is 2.31. The number of hydrogen-bond donors (Lipinski definition) is 1. The van der Waals surface area contributed by atoms with Gasteiger partial charge in [0.25, 0.3) is 5.91 Å². The number of rotatable bonds is 5. The lowest BCUT2D eigenvalue weighted by atomic mass is 10.2. The van der Waals surface area contributed by atoms with Crippen LogP contribution in [0.1, 0.15) is 19.7 Å². The molecule has 1 aromatic carbocycles. The van der Waals surface area contributed by atoms with E-state index in [4.69, 9.17) is 9.47 Å². The van der Waals surface area contributed by atoms with Gasteiger partial charge in [0, 0.05) is 18.9 Å². The lowest BCUT2D eigenvalue weighted by Gasteiger charge is -2.31. The number of aromatic nitrogens is 2. The van der Waals surface area contributed by atoms with Gasteiger partial charge in [-0.3, -0.25) is 4.79 Å². The number of H-pyrrole nitrogens is 1. The standard InChI is InChI=1S/C17H21N3O3/c1-12(2)9-20(10-16-18-7-8-19-16)17(21)15-11-22-13-5-3-4-6-14(13)23-15/h3-8,12,15H,9-11H2,1-2H3,(H,18,19)/t15-/m0/s1. The summed E-state index contributed by atoms with van der Waals surface area (Å²) in [5, 5.41) is 0. The third-order valence-corrected chi connectivity index (χ3v) is 3.58. The minimum atomic E-state index is -0.626. The van der Waals surface area contributed by atoms with Crippen molar-refractivity contribution in [1.82, 2.24) is 14.9 Å². The Morgan fingerprint density at radius 1 is 1.39 bits per heavy atom. The Morgan fingerprint density at radius 3 is 2.87 bits per heavy atom. The number of nitrogens with one attached hydrogen (secondary N) is 1. The van der Waals surface area contributed by atoms with Crippen molar-refractivity contribution >= 4 is 5.91 Å². The van der Waals surface area contributed by atoms with Gasteiger partial charge in [-0.1, -0.05) is 26.0 Å². The summed E-state index contributed by atoms with van der Waals surface area (Å²) in [5.74, 6) is 2.32. The van der Waals surface area contributed by atoms with Gasteiger partial charge in [-0.05, 0) is 18.1 Å². The van der Waals surface area contributed by atoms with Gasteiger partial charge in [0.05, 0.1) is 6.54 Å². The van der Waals surface area contributed by atoms with Crippen LogP contribution < -0.4 is 9.47 Å².